The molecule has 1 aliphatic carbocycles. The number of hydrogen-bond acceptors (Lipinski definition) is 3. The van der Waals surface area contributed by atoms with Crippen molar-refractivity contribution >= 4 is 27.7 Å². The van der Waals surface area contributed by atoms with Gasteiger partial charge < -0.3 is 9.88 Å². The van der Waals surface area contributed by atoms with E-state index in [0.29, 0.717) is 17.4 Å². The van der Waals surface area contributed by atoms with Crippen molar-refractivity contribution in [3.05, 3.63) is 40.8 Å². The van der Waals surface area contributed by atoms with Crippen molar-refractivity contribution in [2.24, 2.45) is 11.8 Å². The van der Waals surface area contributed by atoms with E-state index in [0.717, 1.165) is 29.1 Å². The lowest BCUT2D eigenvalue weighted by atomic mass is 9.78. The maximum absolute atomic E-state index is 12.8. The topological polar surface area (TPSA) is 79.8 Å². The Hall–Kier alpha value is -2.63. The maximum atomic E-state index is 12.8. The highest BCUT2D eigenvalue weighted by Gasteiger charge is 2.28. The molecule has 0 unspecified atom stereocenters. The van der Waals surface area contributed by atoms with Crippen LogP contribution in [0, 0.1) is 11.8 Å². The first-order chi connectivity index (χ1) is 12.6. The molecule has 0 aliphatic heterocycles. The third-order valence-corrected chi connectivity index (χ3v) is 5.94. The van der Waals surface area contributed by atoms with E-state index in [-0.39, 0.29) is 24.1 Å². The number of aromatic amines is 1. The van der Waals surface area contributed by atoms with E-state index >= 15 is 0 Å². The molecule has 0 spiro atoms. The highest BCUT2D eigenvalue weighted by molar-refractivity contribution is 6.07. The summed E-state index contributed by atoms with van der Waals surface area (Å²) in [5.41, 5.74) is 1.11. The molecule has 2 aromatic heterocycles. The minimum Gasteiger partial charge on any atom is -0.352 e. The summed E-state index contributed by atoms with van der Waals surface area (Å²) >= 11 is 0. The number of aromatic nitrogens is 3. The van der Waals surface area contributed by atoms with Gasteiger partial charge in [0.05, 0.1) is 6.20 Å². The average molecular weight is 352 g/mol. The minimum atomic E-state index is -0.272. The molecule has 0 saturated heterocycles. The number of nitrogens with one attached hydrogen (secondary N) is 2. The Morgan fingerprint density at radius 1 is 1.27 bits per heavy atom. The summed E-state index contributed by atoms with van der Waals surface area (Å²) in [5, 5.41) is 11.3. The van der Waals surface area contributed by atoms with Gasteiger partial charge in [0.1, 0.15) is 12.1 Å². The molecule has 1 aromatic carbocycles. The summed E-state index contributed by atoms with van der Waals surface area (Å²) in [7, 11) is 0. The van der Waals surface area contributed by atoms with E-state index in [2.05, 4.69) is 29.4 Å². The molecule has 4 rings (SSSR count). The summed E-state index contributed by atoms with van der Waals surface area (Å²) in [6.45, 7) is 4.60. The fourth-order valence-corrected chi connectivity index (χ4v) is 4.26. The van der Waals surface area contributed by atoms with Crippen molar-refractivity contribution in [3.63, 3.8) is 0 Å². The standard InChI is InChI=1S/C20H24N4O2/c1-12-6-5-8-16(13(12)2)22-18(25)11-24-17-9-4-3-7-14(17)15-10-21-23-20(26)19(15)24/h3-4,7,9-10,12-13,16H,5-6,8,11H2,1-2H3,(H,22,25)(H,23,26)/t12-,13+,16+/m1/s1. The van der Waals surface area contributed by atoms with Crippen LogP contribution in [-0.2, 0) is 11.3 Å². The van der Waals surface area contributed by atoms with E-state index in [1.165, 1.54) is 6.42 Å². The molecule has 2 N–H and O–H groups in total. The van der Waals surface area contributed by atoms with Crippen LogP contribution in [0.25, 0.3) is 21.8 Å². The van der Waals surface area contributed by atoms with Crippen LogP contribution < -0.4 is 10.9 Å². The van der Waals surface area contributed by atoms with Crippen LogP contribution in [0.5, 0.6) is 0 Å². The highest BCUT2D eigenvalue weighted by Crippen LogP contribution is 2.30. The minimum absolute atomic E-state index is 0.0465. The predicted molar refractivity (Wildman–Crippen MR) is 102 cm³/mol. The molecule has 3 aromatic rings. The number of benzene rings is 1. The predicted octanol–water partition coefficient (Wildman–Crippen LogP) is 2.82. The Kier molecular flexibility index (Phi) is 4.26. The molecule has 1 saturated carbocycles. The summed E-state index contributed by atoms with van der Waals surface area (Å²) in [6.07, 6.45) is 5.05. The smallest absolute Gasteiger partial charge is 0.288 e. The first-order valence-electron chi connectivity index (χ1n) is 9.30. The fraction of sp³-hybridized carbons (Fsp3) is 0.450. The Bertz CT molecular complexity index is 1020. The van der Waals surface area contributed by atoms with Gasteiger partial charge in [-0.15, -0.1) is 0 Å². The Morgan fingerprint density at radius 3 is 2.92 bits per heavy atom. The first kappa shape index (κ1) is 16.8. The van der Waals surface area contributed by atoms with Crippen molar-refractivity contribution < 1.29 is 4.79 Å². The van der Waals surface area contributed by atoms with Crippen molar-refractivity contribution in [1.29, 1.82) is 0 Å². The summed E-state index contributed by atoms with van der Waals surface area (Å²) < 4.78 is 1.80. The van der Waals surface area contributed by atoms with E-state index in [1.54, 1.807) is 10.8 Å². The van der Waals surface area contributed by atoms with Gasteiger partial charge in [0.25, 0.3) is 5.56 Å². The Balaban J connectivity index is 1.68. The van der Waals surface area contributed by atoms with Crippen LogP contribution in [0.15, 0.2) is 35.3 Å². The average Bonchev–Trinajstić information content (AvgIpc) is 2.94. The molecule has 1 aliphatic rings. The quantitative estimate of drug-likeness (QED) is 0.761. The van der Waals surface area contributed by atoms with Crippen LogP contribution in [0.3, 0.4) is 0 Å². The number of H-pyrrole nitrogens is 1. The molecule has 1 amide bonds. The lowest BCUT2D eigenvalue weighted by Crippen LogP contribution is -2.44. The number of carbonyl (C=O) groups is 1. The Labute approximate surface area is 151 Å². The van der Waals surface area contributed by atoms with Gasteiger partial charge in [0.15, 0.2) is 0 Å². The van der Waals surface area contributed by atoms with E-state index in [4.69, 9.17) is 0 Å². The van der Waals surface area contributed by atoms with Gasteiger partial charge >= 0.3 is 0 Å². The molecule has 6 heteroatoms. The van der Waals surface area contributed by atoms with Gasteiger partial charge in [-0.25, -0.2) is 5.10 Å². The first-order valence-corrected chi connectivity index (χ1v) is 9.30. The monoisotopic (exact) mass is 352 g/mol. The van der Waals surface area contributed by atoms with E-state index in [1.807, 2.05) is 24.3 Å². The van der Waals surface area contributed by atoms with Crippen LogP contribution >= 0.6 is 0 Å². The fourth-order valence-electron chi connectivity index (χ4n) is 4.26. The van der Waals surface area contributed by atoms with Gasteiger partial charge in [-0.1, -0.05) is 44.9 Å². The maximum Gasteiger partial charge on any atom is 0.288 e. The van der Waals surface area contributed by atoms with Gasteiger partial charge in [0.2, 0.25) is 5.91 Å². The highest BCUT2D eigenvalue weighted by atomic mass is 16.2. The molecule has 0 bridgehead atoms. The number of hydrogen-bond donors (Lipinski definition) is 2. The van der Waals surface area contributed by atoms with Crippen LogP contribution in [0.2, 0.25) is 0 Å². The molecular weight excluding hydrogens is 328 g/mol. The number of fused-ring (bicyclic) bond motifs is 3. The summed E-state index contributed by atoms with van der Waals surface area (Å²) in [6, 6.07) is 7.95. The zero-order chi connectivity index (χ0) is 18.3. The normalized spacial score (nSPS) is 23.4. The second-order valence-electron chi connectivity index (χ2n) is 7.51. The molecule has 3 atom stereocenters. The Morgan fingerprint density at radius 2 is 2.08 bits per heavy atom. The van der Waals surface area contributed by atoms with Crippen molar-refractivity contribution in [1.82, 2.24) is 20.1 Å². The second-order valence-corrected chi connectivity index (χ2v) is 7.51. The van der Waals surface area contributed by atoms with Gasteiger partial charge in [-0.05, 0) is 24.3 Å². The molecule has 2 heterocycles. The van der Waals surface area contributed by atoms with E-state index < -0.39 is 0 Å². The number of para-hydroxylation sites is 1. The van der Waals surface area contributed by atoms with Crippen LogP contribution in [0.1, 0.15) is 33.1 Å². The van der Waals surface area contributed by atoms with Crippen molar-refractivity contribution in [2.45, 2.75) is 45.7 Å². The number of nitrogens with zero attached hydrogens (tertiary/aromatic N) is 2. The van der Waals surface area contributed by atoms with Gasteiger partial charge in [-0.2, -0.15) is 5.10 Å². The zero-order valence-electron chi connectivity index (χ0n) is 15.2. The summed E-state index contributed by atoms with van der Waals surface area (Å²) in [5.74, 6) is 1.05. The molecule has 26 heavy (non-hydrogen) atoms. The third kappa shape index (κ3) is 2.79. The lowest BCUT2D eigenvalue weighted by Gasteiger charge is -2.34. The van der Waals surface area contributed by atoms with Crippen LogP contribution in [-0.4, -0.2) is 26.7 Å². The number of carbonyl (C=O) groups excluding carboxylic acids is 1. The third-order valence-electron chi connectivity index (χ3n) is 5.94. The largest absolute Gasteiger partial charge is 0.352 e. The molecule has 6 nitrogen and oxygen atoms in total. The molecule has 136 valence electrons. The van der Waals surface area contributed by atoms with Gasteiger partial charge in [-0.3, -0.25) is 9.59 Å². The van der Waals surface area contributed by atoms with Crippen molar-refractivity contribution in [2.75, 3.05) is 0 Å². The SMILES string of the molecule is C[C@H]1[C@H](C)CCC[C@@H]1NC(=O)Cn1c2ccccc2c2cn[nH]c(=O)c21. The number of amides is 1. The van der Waals surface area contributed by atoms with Crippen LogP contribution in [0.4, 0.5) is 0 Å². The zero-order valence-corrected chi connectivity index (χ0v) is 15.2. The van der Waals surface area contributed by atoms with Gasteiger partial charge in [0, 0.05) is 22.3 Å². The number of rotatable bonds is 3. The molecule has 0 radical (unpaired) electrons. The summed E-state index contributed by atoms with van der Waals surface area (Å²) in [4.78, 5) is 25.1. The van der Waals surface area contributed by atoms with Crippen molar-refractivity contribution in [3.8, 4) is 0 Å². The lowest BCUT2D eigenvalue weighted by molar-refractivity contribution is -0.123. The van der Waals surface area contributed by atoms with E-state index in [9.17, 15) is 9.59 Å². The second kappa shape index (κ2) is 6.59. The molecular formula is C20H24N4O2. The molecule has 1 fully saturated rings.